The van der Waals surface area contributed by atoms with Crippen molar-refractivity contribution in [3.8, 4) is 0 Å². The molecule has 1 heterocycles. The summed E-state index contributed by atoms with van der Waals surface area (Å²) in [6.07, 6.45) is -4.47. The Balaban J connectivity index is 2.56. The van der Waals surface area contributed by atoms with E-state index in [0.717, 1.165) is 0 Å². The Labute approximate surface area is 106 Å². The highest BCUT2D eigenvalue weighted by Crippen LogP contribution is 2.23. The van der Waals surface area contributed by atoms with Gasteiger partial charge in [0.1, 0.15) is 12.0 Å². The fourth-order valence-corrected chi connectivity index (χ4v) is 1.39. The van der Waals surface area contributed by atoms with E-state index in [1.54, 1.807) is 0 Å². The molecule has 0 spiro atoms. The standard InChI is InChI=1S/C10H13F3N2O4/c1-9(2)6(16)14-8(18)15(7(9)17)3-4-19-5-10(11,12)13/h3-5H2,1-2H3,(H,14,16,18). The third-order valence-electron chi connectivity index (χ3n) is 2.54. The molecular formula is C10H13F3N2O4. The van der Waals surface area contributed by atoms with Crippen LogP contribution in [-0.2, 0) is 14.3 Å². The van der Waals surface area contributed by atoms with Gasteiger partial charge >= 0.3 is 12.2 Å². The van der Waals surface area contributed by atoms with E-state index in [4.69, 9.17) is 0 Å². The van der Waals surface area contributed by atoms with Crippen LogP contribution in [0.2, 0.25) is 0 Å². The molecule has 1 N–H and O–H groups in total. The van der Waals surface area contributed by atoms with Gasteiger partial charge in [0.15, 0.2) is 0 Å². The van der Waals surface area contributed by atoms with Crippen molar-refractivity contribution in [1.29, 1.82) is 0 Å². The van der Waals surface area contributed by atoms with Crippen LogP contribution in [0.4, 0.5) is 18.0 Å². The molecule has 0 aliphatic carbocycles. The maximum Gasteiger partial charge on any atom is 0.411 e. The molecule has 0 aromatic carbocycles. The summed E-state index contributed by atoms with van der Waals surface area (Å²) in [6, 6.07) is -0.954. The highest BCUT2D eigenvalue weighted by Gasteiger charge is 2.46. The van der Waals surface area contributed by atoms with Crippen molar-refractivity contribution in [1.82, 2.24) is 10.2 Å². The first-order chi connectivity index (χ1) is 8.55. The second-order valence-corrected chi connectivity index (χ2v) is 4.51. The van der Waals surface area contributed by atoms with Crippen LogP contribution in [0.15, 0.2) is 0 Å². The molecule has 0 aromatic rings. The Morgan fingerprint density at radius 2 is 1.84 bits per heavy atom. The average molecular weight is 282 g/mol. The van der Waals surface area contributed by atoms with Gasteiger partial charge in [0, 0.05) is 0 Å². The molecule has 9 heteroatoms. The van der Waals surface area contributed by atoms with E-state index >= 15 is 0 Å². The average Bonchev–Trinajstić information content (AvgIpc) is 2.24. The van der Waals surface area contributed by atoms with Gasteiger partial charge in [-0.15, -0.1) is 0 Å². The highest BCUT2D eigenvalue weighted by molar-refractivity contribution is 6.18. The lowest BCUT2D eigenvalue weighted by molar-refractivity contribution is -0.174. The van der Waals surface area contributed by atoms with Gasteiger partial charge in [-0.2, -0.15) is 13.2 Å². The Bertz CT molecular complexity index is 406. The number of rotatable bonds is 4. The van der Waals surface area contributed by atoms with Crippen molar-refractivity contribution >= 4 is 17.8 Å². The van der Waals surface area contributed by atoms with Gasteiger partial charge in [-0.25, -0.2) is 4.79 Å². The van der Waals surface area contributed by atoms with Crippen LogP contribution < -0.4 is 5.32 Å². The van der Waals surface area contributed by atoms with Gasteiger partial charge in [0.25, 0.3) is 0 Å². The fraction of sp³-hybridized carbons (Fsp3) is 0.700. The number of nitrogens with one attached hydrogen (secondary N) is 1. The van der Waals surface area contributed by atoms with Crippen molar-refractivity contribution in [2.45, 2.75) is 20.0 Å². The SMILES string of the molecule is CC1(C)C(=O)NC(=O)N(CCOCC(F)(F)F)C1=O. The predicted octanol–water partition coefficient (Wildman–Crippen LogP) is 0.670. The molecular weight excluding hydrogens is 269 g/mol. The lowest BCUT2D eigenvalue weighted by Gasteiger charge is -2.34. The number of hydrogen-bond acceptors (Lipinski definition) is 4. The summed E-state index contributed by atoms with van der Waals surface area (Å²) in [6.45, 7) is 0.376. The van der Waals surface area contributed by atoms with Gasteiger partial charge in [0.05, 0.1) is 13.2 Å². The molecule has 0 saturated carbocycles. The summed E-state index contributed by atoms with van der Waals surface area (Å²) in [5, 5.41) is 1.96. The number of urea groups is 1. The topological polar surface area (TPSA) is 75.7 Å². The minimum absolute atomic E-state index is 0.350. The summed E-state index contributed by atoms with van der Waals surface area (Å²) in [4.78, 5) is 35.3. The Kier molecular flexibility index (Phi) is 4.18. The summed E-state index contributed by atoms with van der Waals surface area (Å²) in [7, 11) is 0. The number of alkyl halides is 3. The number of amides is 4. The zero-order valence-corrected chi connectivity index (χ0v) is 10.3. The van der Waals surface area contributed by atoms with E-state index in [2.05, 4.69) is 4.74 Å². The van der Waals surface area contributed by atoms with Crippen LogP contribution in [0.5, 0.6) is 0 Å². The number of carbonyl (C=O) groups is 3. The fourth-order valence-electron chi connectivity index (χ4n) is 1.39. The largest absolute Gasteiger partial charge is 0.411 e. The van der Waals surface area contributed by atoms with Crippen molar-refractivity contribution in [2.24, 2.45) is 5.41 Å². The lowest BCUT2D eigenvalue weighted by Crippen LogP contribution is -2.62. The molecule has 1 rings (SSSR count). The third-order valence-corrected chi connectivity index (χ3v) is 2.54. The van der Waals surface area contributed by atoms with E-state index in [0.29, 0.717) is 4.90 Å². The lowest BCUT2D eigenvalue weighted by atomic mass is 9.89. The number of nitrogens with zero attached hydrogens (tertiary/aromatic N) is 1. The van der Waals surface area contributed by atoms with Gasteiger partial charge < -0.3 is 4.74 Å². The minimum Gasteiger partial charge on any atom is -0.370 e. The van der Waals surface area contributed by atoms with Crippen LogP contribution in [0.1, 0.15) is 13.8 Å². The molecule has 4 amide bonds. The van der Waals surface area contributed by atoms with Crippen LogP contribution in [0.25, 0.3) is 0 Å². The number of imide groups is 2. The summed E-state index contributed by atoms with van der Waals surface area (Å²) >= 11 is 0. The number of barbiturate groups is 1. The van der Waals surface area contributed by atoms with Gasteiger partial charge in [-0.3, -0.25) is 19.8 Å². The number of carbonyl (C=O) groups excluding carboxylic acids is 3. The smallest absolute Gasteiger partial charge is 0.370 e. The summed E-state index contributed by atoms with van der Waals surface area (Å²) in [5.74, 6) is -1.51. The normalized spacial score (nSPS) is 19.6. The van der Waals surface area contributed by atoms with Gasteiger partial charge in [0.2, 0.25) is 11.8 Å². The second kappa shape index (κ2) is 5.16. The maximum atomic E-state index is 11.8. The molecule has 1 fully saturated rings. The van der Waals surface area contributed by atoms with Crippen LogP contribution in [-0.4, -0.2) is 48.7 Å². The van der Waals surface area contributed by atoms with E-state index < -0.39 is 42.7 Å². The van der Waals surface area contributed by atoms with Crippen molar-refractivity contribution in [3.63, 3.8) is 0 Å². The first-order valence-corrected chi connectivity index (χ1v) is 5.37. The van der Waals surface area contributed by atoms with E-state index in [9.17, 15) is 27.6 Å². The molecule has 0 bridgehead atoms. The van der Waals surface area contributed by atoms with Crippen molar-refractivity contribution in [2.75, 3.05) is 19.8 Å². The van der Waals surface area contributed by atoms with Crippen molar-refractivity contribution < 1.29 is 32.3 Å². The zero-order chi connectivity index (χ0) is 14.8. The van der Waals surface area contributed by atoms with Crippen molar-refractivity contribution in [3.05, 3.63) is 0 Å². The van der Waals surface area contributed by atoms with Gasteiger partial charge in [-0.05, 0) is 13.8 Å². The second-order valence-electron chi connectivity index (χ2n) is 4.51. The Morgan fingerprint density at radius 3 is 2.37 bits per heavy atom. The third kappa shape index (κ3) is 3.66. The van der Waals surface area contributed by atoms with Crippen LogP contribution in [0, 0.1) is 5.41 Å². The first kappa shape index (κ1) is 15.4. The predicted molar refractivity (Wildman–Crippen MR) is 55.9 cm³/mol. The number of ether oxygens (including phenoxy) is 1. The molecule has 1 aliphatic rings. The first-order valence-electron chi connectivity index (χ1n) is 5.37. The Morgan fingerprint density at radius 1 is 1.26 bits per heavy atom. The zero-order valence-electron chi connectivity index (χ0n) is 10.3. The maximum absolute atomic E-state index is 11.8. The molecule has 0 unspecified atom stereocenters. The van der Waals surface area contributed by atoms with Crippen LogP contribution in [0.3, 0.4) is 0 Å². The quantitative estimate of drug-likeness (QED) is 0.607. The Hall–Kier alpha value is -1.64. The molecule has 6 nitrogen and oxygen atoms in total. The monoisotopic (exact) mass is 282 g/mol. The molecule has 1 aliphatic heterocycles. The summed E-state index contributed by atoms with van der Waals surface area (Å²) < 4.78 is 39.8. The number of hydrogen-bond donors (Lipinski definition) is 1. The molecule has 108 valence electrons. The molecule has 0 atom stereocenters. The van der Waals surface area contributed by atoms with E-state index in [1.165, 1.54) is 13.8 Å². The molecule has 0 aromatic heterocycles. The number of halogens is 3. The summed E-state index contributed by atoms with van der Waals surface area (Å²) in [5.41, 5.74) is -1.43. The molecule has 19 heavy (non-hydrogen) atoms. The van der Waals surface area contributed by atoms with Gasteiger partial charge in [-0.1, -0.05) is 0 Å². The minimum atomic E-state index is -4.47. The molecule has 1 saturated heterocycles. The molecule has 0 radical (unpaired) electrons. The van der Waals surface area contributed by atoms with E-state index in [1.807, 2.05) is 5.32 Å². The highest BCUT2D eigenvalue weighted by atomic mass is 19.4. The van der Waals surface area contributed by atoms with Crippen LogP contribution >= 0.6 is 0 Å². The van der Waals surface area contributed by atoms with E-state index in [-0.39, 0.29) is 6.54 Å².